The van der Waals surface area contributed by atoms with Crippen LogP contribution in [0.3, 0.4) is 0 Å². The molecule has 0 bridgehead atoms. The minimum atomic E-state index is 0.0487. The lowest BCUT2D eigenvalue weighted by Crippen LogP contribution is -2.14. The molecule has 2 aromatic rings. The van der Waals surface area contributed by atoms with Gasteiger partial charge in [-0.1, -0.05) is 12.1 Å². The van der Waals surface area contributed by atoms with Crippen LogP contribution in [0.1, 0.15) is 43.0 Å². The topological polar surface area (TPSA) is 66.0 Å². The van der Waals surface area contributed by atoms with E-state index in [0.717, 1.165) is 35.9 Å². The van der Waals surface area contributed by atoms with Crippen LogP contribution in [0, 0.1) is 0 Å². The molecule has 1 atom stereocenters. The van der Waals surface area contributed by atoms with Gasteiger partial charge in [0.2, 0.25) is 0 Å². The fourth-order valence-electron chi connectivity index (χ4n) is 2.49. The molecule has 0 saturated carbocycles. The molecule has 1 aromatic heterocycles. The molecule has 0 amide bonds. The van der Waals surface area contributed by atoms with Crippen LogP contribution in [-0.2, 0) is 19.6 Å². The smallest absolute Gasteiger partial charge is 0.171 e. The van der Waals surface area contributed by atoms with E-state index in [1.807, 2.05) is 31.2 Å². The number of aromatic nitrogens is 3. The van der Waals surface area contributed by atoms with E-state index in [0.29, 0.717) is 6.61 Å². The van der Waals surface area contributed by atoms with Crippen LogP contribution in [-0.4, -0.2) is 14.8 Å². The SMILES string of the molecule is CC(N)c1ccc(OCc2nnc3n2CCCC3)cc1. The number of aryl methyl sites for hydroxylation is 1. The number of ether oxygens (including phenoxy) is 1. The first-order valence-electron chi connectivity index (χ1n) is 7.13. The van der Waals surface area contributed by atoms with E-state index in [1.54, 1.807) is 0 Å². The molecule has 0 spiro atoms. The van der Waals surface area contributed by atoms with Gasteiger partial charge in [0.25, 0.3) is 0 Å². The molecule has 1 aliphatic rings. The molecule has 1 aromatic carbocycles. The quantitative estimate of drug-likeness (QED) is 0.926. The number of fused-ring (bicyclic) bond motifs is 1. The molecular formula is C15H20N4O. The number of hydrogen-bond acceptors (Lipinski definition) is 4. The Balaban J connectivity index is 1.66. The Morgan fingerprint density at radius 3 is 2.80 bits per heavy atom. The Bertz CT molecular complexity index is 574. The van der Waals surface area contributed by atoms with Gasteiger partial charge < -0.3 is 15.0 Å². The molecule has 2 N–H and O–H groups in total. The molecule has 2 heterocycles. The maximum Gasteiger partial charge on any atom is 0.171 e. The predicted octanol–water partition coefficient (Wildman–Crippen LogP) is 2.21. The van der Waals surface area contributed by atoms with Crippen molar-refractivity contribution in [3.05, 3.63) is 41.5 Å². The Morgan fingerprint density at radius 1 is 1.25 bits per heavy atom. The normalized spacial score (nSPS) is 15.7. The van der Waals surface area contributed by atoms with E-state index in [2.05, 4.69) is 14.8 Å². The van der Waals surface area contributed by atoms with Crippen LogP contribution in [0.2, 0.25) is 0 Å². The summed E-state index contributed by atoms with van der Waals surface area (Å²) in [4.78, 5) is 0. The standard InChI is InChI=1S/C15H20N4O/c1-11(16)12-5-7-13(8-6-12)20-10-15-18-17-14-4-2-3-9-19(14)15/h5-8,11H,2-4,9-10,16H2,1H3. The van der Waals surface area contributed by atoms with E-state index in [4.69, 9.17) is 10.5 Å². The highest BCUT2D eigenvalue weighted by Crippen LogP contribution is 2.18. The highest BCUT2D eigenvalue weighted by molar-refractivity contribution is 5.28. The highest BCUT2D eigenvalue weighted by atomic mass is 16.5. The van der Waals surface area contributed by atoms with Gasteiger partial charge in [-0.05, 0) is 37.5 Å². The van der Waals surface area contributed by atoms with Crippen molar-refractivity contribution >= 4 is 0 Å². The van der Waals surface area contributed by atoms with Crippen molar-refractivity contribution in [1.29, 1.82) is 0 Å². The van der Waals surface area contributed by atoms with Gasteiger partial charge in [0.15, 0.2) is 5.82 Å². The molecule has 1 unspecified atom stereocenters. The zero-order chi connectivity index (χ0) is 13.9. The van der Waals surface area contributed by atoms with E-state index in [1.165, 1.54) is 12.8 Å². The van der Waals surface area contributed by atoms with Crippen LogP contribution in [0.15, 0.2) is 24.3 Å². The summed E-state index contributed by atoms with van der Waals surface area (Å²) in [5.74, 6) is 2.83. The first-order chi connectivity index (χ1) is 9.74. The first-order valence-corrected chi connectivity index (χ1v) is 7.13. The van der Waals surface area contributed by atoms with Crippen molar-refractivity contribution in [1.82, 2.24) is 14.8 Å². The van der Waals surface area contributed by atoms with Crippen LogP contribution in [0.4, 0.5) is 0 Å². The lowest BCUT2D eigenvalue weighted by molar-refractivity contribution is 0.286. The zero-order valence-corrected chi connectivity index (χ0v) is 11.7. The predicted molar refractivity (Wildman–Crippen MR) is 76.3 cm³/mol. The summed E-state index contributed by atoms with van der Waals surface area (Å²) >= 11 is 0. The van der Waals surface area contributed by atoms with E-state index in [-0.39, 0.29) is 6.04 Å². The Morgan fingerprint density at radius 2 is 2.05 bits per heavy atom. The average molecular weight is 272 g/mol. The number of rotatable bonds is 4. The van der Waals surface area contributed by atoms with E-state index in [9.17, 15) is 0 Å². The molecule has 1 aliphatic heterocycles. The summed E-state index contributed by atoms with van der Waals surface area (Å²) in [7, 11) is 0. The molecule has 0 saturated heterocycles. The Hall–Kier alpha value is -1.88. The first kappa shape index (κ1) is 13.1. The summed E-state index contributed by atoms with van der Waals surface area (Å²) in [6, 6.07) is 7.95. The fourth-order valence-corrected chi connectivity index (χ4v) is 2.49. The minimum Gasteiger partial charge on any atom is -0.486 e. The van der Waals surface area contributed by atoms with E-state index < -0.39 is 0 Å². The van der Waals surface area contributed by atoms with Gasteiger partial charge in [0.1, 0.15) is 18.2 Å². The number of nitrogens with zero attached hydrogens (tertiary/aromatic N) is 3. The number of benzene rings is 1. The summed E-state index contributed by atoms with van der Waals surface area (Å²) in [6.45, 7) is 3.44. The minimum absolute atomic E-state index is 0.0487. The van der Waals surface area contributed by atoms with Crippen molar-refractivity contribution in [2.75, 3.05) is 0 Å². The molecule has 5 nitrogen and oxygen atoms in total. The van der Waals surface area contributed by atoms with Gasteiger partial charge in [0.05, 0.1) is 0 Å². The number of nitrogens with two attached hydrogens (primary N) is 1. The highest BCUT2D eigenvalue weighted by Gasteiger charge is 2.15. The number of hydrogen-bond donors (Lipinski definition) is 1. The summed E-state index contributed by atoms with van der Waals surface area (Å²) in [5.41, 5.74) is 6.94. The van der Waals surface area contributed by atoms with Crippen molar-refractivity contribution in [2.24, 2.45) is 5.73 Å². The average Bonchev–Trinajstić information content (AvgIpc) is 2.89. The third-order valence-corrected chi connectivity index (χ3v) is 3.71. The molecular weight excluding hydrogens is 252 g/mol. The molecule has 0 aliphatic carbocycles. The van der Waals surface area contributed by atoms with Gasteiger partial charge in [-0.25, -0.2) is 0 Å². The maximum atomic E-state index is 5.83. The van der Waals surface area contributed by atoms with E-state index >= 15 is 0 Å². The largest absolute Gasteiger partial charge is 0.486 e. The second-order valence-electron chi connectivity index (χ2n) is 5.29. The Kier molecular flexibility index (Phi) is 3.69. The van der Waals surface area contributed by atoms with Crippen molar-refractivity contribution in [3.63, 3.8) is 0 Å². The van der Waals surface area contributed by atoms with Crippen LogP contribution in [0.25, 0.3) is 0 Å². The van der Waals surface area contributed by atoms with Crippen LogP contribution >= 0.6 is 0 Å². The second kappa shape index (κ2) is 5.63. The molecule has 20 heavy (non-hydrogen) atoms. The van der Waals surface area contributed by atoms with Crippen molar-refractivity contribution in [3.8, 4) is 5.75 Å². The summed E-state index contributed by atoms with van der Waals surface area (Å²) < 4.78 is 7.97. The van der Waals surface area contributed by atoms with Gasteiger partial charge >= 0.3 is 0 Å². The summed E-state index contributed by atoms with van der Waals surface area (Å²) in [5, 5.41) is 8.45. The zero-order valence-electron chi connectivity index (χ0n) is 11.7. The van der Waals surface area contributed by atoms with Crippen LogP contribution in [0.5, 0.6) is 5.75 Å². The van der Waals surface area contributed by atoms with Gasteiger partial charge in [0, 0.05) is 19.0 Å². The second-order valence-corrected chi connectivity index (χ2v) is 5.29. The monoisotopic (exact) mass is 272 g/mol. The molecule has 3 rings (SSSR count). The van der Waals surface area contributed by atoms with Gasteiger partial charge in [-0.15, -0.1) is 10.2 Å². The molecule has 106 valence electrons. The van der Waals surface area contributed by atoms with Crippen molar-refractivity contribution < 1.29 is 4.74 Å². The van der Waals surface area contributed by atoms with Gasteiger partial charge in [-0.3, -0.25) is 0 Å². The van der Waals surface area contributed by atoms with Crippen LogP contribution < -0.4 is 10.5 Å². The van der Waals surface area contributed by atoms with Crippen molar-refractivity contribution in [2.45, 2.75) is 45.4 Å². The molecule has 0 fully saturated rings. The third-order valence-electron chi connectivity index (χ3n) is 3.71. The third kappa shape index (κ3) is 2.67. The lowest BCUT2D eigenvalue weighted by Gasteiger charge is -2.15. The molecule has 0 radical (unpaired) electrons. The molecule has 5 heteroatoms. The Labute approximate surface area is 118 Å². The maximum absolute atomic E-state index is 5.83. The van der Waals surface area contributed by atoms with Gasteiger partial charge in [-0.2, -0.15) is 0 Å². The fraction of sp³-hybridized carbons (Fsp3) is 0.467. The summed E-state index contributed by atoms with van der Waals surface area (Å²) in [6.07, 6.45) is 3.43. The lowest BCUT2D eigenvalue weighted by atomic mass is 10.1.